The van der Waals surface area contributed by atoms with E-state index in [0.29, 0.717) is 25.9 Å². The van der Waals surface area contributed by atoms with Gasteiger partial charge in [-0.2, -0.15) is 0 Å². The Balaban J connectivity index is 2.87. The molecule has 5 heteroatoms. The summed E-state index contributed by atoms with van der Waals surface area (Å²) < 4.78 is 0. The van der Waals surface area contributed by atoms with E-state index < -0.39 is 30.2 Å². The van der Waals surface area contributed by atoms with Gasteiger partial charge in [0, 0.05) is 0 Å². The minimum Gasteiger partial charge on any atom is -0.389 e. The second-order valence-electron chi connectivity index (χ2n) is 3.49. The van der Waals surface area contributed by atoms with Crippen molar-refractivity contribution in [3.8, 4) is 0 Å². The van der Waals surface area contributed by atoms with Crippen LogP contribution in [0, 0.1) is 5.41 Å². The number of Topliss-reactive ketones (excluding diaryl/α,β-unsaturated/α-hetero) is 2. The van der Waals surface area contributed by atoms with E-state index in [9.17, 15) is 9.59 Å². The third-order valence-electron chi connectivity index (χ3n) is 2.81. The number of carbonyl (C=O) groups excluding carboxylic acids is 2. The van der Waals surface area contributed by atoms with Crippen molar-refractivity contribution < 1.29 is 19.8 Å². The van der Waals surface area contributed by atoms with Crippen LogP contribution in [0.5, 0.6) is 0 Å². The number of aliphatic hydroxyl groups excluding tert-OH is 2. The molecule has 0 atom stereocenters. The van der Waals surface area contributed by atoms with Gasteiger partial charge >= 0.3 is 0 Å². The molecule has 1 aliphatic rings. The van der Waals surface area contributed by atoms with Crippen molar-refractivity contribution in [3.63, 3.8) is 0 Å². The zero-order valence-corrected chi connectivity index (χ0v) is 7.95. The number of rotatable bonds is 4. The molecule has 1 aliphatic heterocycles. The van der Waals surface area contributed by atoms with E-state index in [-0.39, 0.29) is 0 Å². The van der Waals surface area contributed by atoms with Crippen molar-refractivity contribution in [2.24, 2.45) is 5.41 Å². The largest absolute Gasteiger partial charge is 0.389 e. The number of ketones is 2. The van der Waals surface area contributed by atoms with Crippen molar-refractivity contribution >= 4 is 11.6 Å². The van der Waals surface area contributed by atoms with Gasteiger partial charge in [0.15, 0.2) is 11.6 Å². The molecule has 0 aromatic rings. The molecule has 0 unspecified atom stereocenters. The number of aliphatic hydroxyl groups is 2. The molecule has 3 N–H and O–H groups in total. The molecule has 0 spiro atoms. The van der Waals surface area contributed by atoms with Gasteiger partial charge in [0.2, 0.25) is 0 Å². The Kier molecular flexibility index (Phi) is 3.74. The van der Waals surface area contributed by atoms with Gasteiger partial charge in [-0.25, -0.2) is 0 Å². The normalized spacial score (nSPS) is 20.4. The van der Waals surface area contributed by atoms with Gasteiger partial charge in [0.1, 0.15) is 13.2 Å². The maximum Gasteiger partial charge on any atom is 0.171 e. The number of carbonyl (C=O) groups is 2. The molecule has 0 aromatic carbocycles. The minimum absolute atomic E-state index is 0.367. The van der Waals surface area contributed by atoms with Crippen LogP contribution in [0.3, 0.4) is 0 Å². The Bertz CT molecular complexity index is 215. The highest BCUT2D eigenvalue weighted by atomic mass is 16.3. The second-order valence-corrected chi connectivity index (χ2v) is 3.49. The fourth-order valence-electron chi connectivity index (χ4n) is 1.87. The third kappa shape index (κ3) is 1.84. The van der Waals surface area contributed by atoms with Crippen LogP contribution in [0.1, 0.15) is 12.8 Å². The van der Waals surface area contributed by atoms with Crippen LogP contribution >= 0.6 is 0 Å². The van der Waals surface area contributed by atoms with Gasteiger partial charge in [-0.3, -0.25) is 9.59 Å². The molecule has 0 aromatic heterocycles. The molecule has 0 bridgehead atoms. The predicted molar refractivity (Wildman–Crippen MR) is 48.7 cm³/mol. The van der Waals surface area contributed by atoms with Gasteiger partial charge in [0.05, 0.1) is 5.41 Å². The van der Waals surface area contributed by atoms with Crippen molar-refractivity contribution in [2.45, 2.75) is 12.8 Å². The van der Waals surface area contributed by atoms with Crippen LogP contribution in [-0.4, -0.2) is 48.1 Å². The molecule has 1 fully saturated rings. The van der Waals surface area contributed by atoms with Crippen molar-refractivity contribution in [3.05, 3.63) is 0 Å². The van der Waals surface area contributed by atoms with E-state index in [4.69, 9.17) is 10.2 Å². The summed E-state index contributed by atoms with van der Waals surface area (Å²) in [6.07, 6.45) is 0.734. The van der Waals surface area contributed by atoms with Gasteiger partial charge in [-0.1, -0.05) is 0 Å². The average Bonchev–Trinajstić information content (AvgIpc) is 2.27. The first kappa shape index (κ1) is 11.3. The monoisotopic (exact) mass is 201 g/mol. The average molecular weight is 201 g/mol. The summed E-state index contributed by atoms with van der Waals surface area (Å²) in [5.41, 5.74) is -1.14. The molecule has 5 nitrogen and oxygen atoms in total. The molecule has 1 heterocycles. The summed E-state index contributed by atoms with van der Waals surface area (Å²) in [7, 11) is 0. The van der Waals surface area contributed by atoms with E-state index in [1.54, 1.807) is 0 Å². The highest BCUT2D eigenvalue weighted by Gasteiger charge is 2.44. The number of hydrogen-bond acceptors (Lipinski definition) is 5. The molecule has 1 saturated heterocycles. The van der Waals surface area contributed by atoms with E-state index in [1.807, 2.05) is 0 Å². The number of nitrogens with one attached hydrogen (secondary N) is 1. The second kappa shape index (κ2) is 4.63. The van der Waals surface area contributed by atoms with Crippen LogP contribution in [0.15, 0.2) is 0 Å². The van der Waals surface area contributed by atoms with E-state index in [2.05, 4.69) is 5.32 Å². The van der Waals surface area contributed by atoms with Crippen molar-refractivity contribution in [1.82, 2.24) is 5.32 Å². The first-order valence-corrected chi connectivity index (χ1v) is 4.66. The lowest BCUT2D eigenvalue weighted by molar-refractivity contribution is -0.146. The number of piperidine rings is 1. The molecule has 0 amide bonds. The highest BCUT2D eigenvalue weighted by molar-refractivity contribution is 6.08. The Morgan fingerprint density at radius 3 is 1.86 bits per heavy atom. The van der Waals surface area contributed by atoms with Gasteiger partial charge in [0.25, 0.3) is 0 Å². The molecule has 0 aliphatic carbocycles. The summed E-state index contributed by atoms with van der Waals surface area (Å²) in [6, 6.07) is 0. The molecule has 1 rings (SSSR count). The topological polar surface area (TPSA) is 86.6 Å². The summed E-state index contributed by atoms with van der Waals surface area (Å²) in [5.74, 6) is -0.948. The van der Waals surface area contributed by atoms with Gasteiger partial charge in [-0.05, 0) is 25.9 Å². The maximum atomic E-state index is 11.5. The molecule has 80 valence electrons. The van der Waals surface area contributed by atoms with Crippen molar-refractivity contribution in [2.75, 3.05) is 26.3 Å². The summed E-state index contributed by atoms with van der Waals surface area (Å²) >= 11 is 0. The van der Waals surface area contributed by atoms with E-state index in [0.717, 1.165) is 0 Å². The van der Waals surface area contributed by atoms with Crippen LogP contribution in [0.25, 0.3) is 0 Å². The molecular formula is C9H15NO4. The van der Waals surface area contributed by atoms with Gasteiger partial charge < -0.3 is 15.5 Å². The molecule has 0 saturated carbocycles. The first-order valence-electron chi connectivity index (χ1n) is 4.66. The Morgan fingerprint density at radius 2 is 1.50 bits per heavy atom. The zero-order valence-electron chi connectivity index (χ0n) is 7.95. The maximum absolute atomic E-state index is 11.5. The lowest BCUT2D eigenvalue weighted by atomic mass is 9.72. The van der Waals surface area contributed by atoms with Gasteiger partial charge in [-0.15, -0.1) is 0 Å². The molecular weight excluding hydrogens is 186 g/mol. The van der Waals surface area contributed by atoms with E-state index >= 15 is 0 Å². The summed E-state index contributed by atoms with van der Waals surface area (Å²) in [6.45, 7) is -0.132. The smallest absolute Gasteiger partial charge is 0.171 e. The van der Waals surface area contributed by atoms with Crippen LogP contribution in [-0.2, 0) is 9.59 Å². The predicted octanol–water partition coefficient (Wildman–Crippen LogP) is -1.52. The third-order valence-corrected chi connectivity index (χ3v) is 2.81. The van der Waals surface area contributed by atoms with Crippen LogP contribution in [0.2, 0.25) is 0 Å². The van der Waals surface area contributed by atoms with Crippen LogP contribution < -0.4 is 5.32 Å². The van der Waals surface area contributed by atoms with Crippen LogP contribution in [0.4, 0.5) is 0 Å². The molecule has 14 heavy (non-hydrogen) atoms. The number of hydrogen-bond donors (Lipinski definition) is 3. The quantitative estimate of drug-likeness (QED) is 0.481. The van der Waals surface area contributed by atoms with E-state index in [1.165, 1.54) is 0 Å². The fourth-order valence-corrected chi connectivity index (χ4v) is 1.87. The SMILES string of the molecule is O=C(CO)C1(C(=O)CO)CCNCC1. The fraction of sp³-hybridized carbons (Fsp3) is 0.778. The lowest BCUT2D eigenvalue weighted by Gasteiger charge is -2.33. The minimum atomic E-state index is -1.14. The summed E-state index contributed by atoms with van der Waals surface area (Å²) in [4.78, 5) is 23.0. The first-order chi connectivity index (χ1) is 6.67. The zero-order chi connectivity index (χ0) is 10.6. The Labute approximate surface area is 82.1 Å². The Morgan fingerprint density at radius 1 is 1.07 bits per heavy atom. The highest BCUT2D eigenvalue weighted by Crippen LogP contribution is 2.30. The summed E-state index contributed by atoms with van der Waals surface area (Å²) in [5, 5.41) is 20.6. The molecule has 0 radical (unpaired) electrons. The standard InChI is InChI=1S/C9H15NO4/c11-5-7(13)9(8(14)6-12)1-3-10-4-2-9/h10-12H,1-6H2. The Hall–Kier alpha value is -0.780. The van der Waals surface area contributed by atoms with Crippen molar-refractivity contribution in [1.29, 1.82) is 0 Å². The lowest BCUT2D eigenvalue weighted by Crippen LogP contribution is -2.49.